The van der Waals surface area contributed by atoms with Crippen molar-refractivity contribution in [3.63, 3.8) is 0 Å². The van der Waals surface area contributed by atoms with Gasteiger partial charge in [-0.15, -0.1) is 0 Å². The first-order valence-corrected chi connectivity index (χ1v) is 6.73. The molecule has 19 heavy (non-hydrogen) atoms. The quantitative estimate of drug-likeness (QED) is 0.873. The predicted octanol–water partition coefficient (Wildman–Crippen LogP) is 1.45. The summed E-state index contributed by atoms with van der Waals surface area (Å²) >= 11 is 0. The highest BCUT2D eigenvalue weighted by Crippen LogP contribution is 2.24. The Labute approximate surface area is 114 Å². The van der Waals surface area contributed by atoms with Gasteiger partial charge in [0.2, 0.25) is 0 Å². The van der Waals surface area contributed by atoms with Crippen molar-refractivity contribution in [2.24, 2.45) is 0 Å². The molecule has 2 atom stereocenters. The van der Waals surface area contributed by atoms with Crippen molar-refractivity contribution in [1.29, 1.82) is 5.26 Å². The van der Waals surface area contributed by atoms with Gasteiger partial charge in [-0.1, -0.05) is 0 Å². The van der Waals surface area contributed by atoms with Crippen LogP contribution < -0.4 is 4.90 Å². The van der Waals surface area contributed by atoms with Gasteiger partial charge in [-0.3, -0.25) is 0 Å². The number of nitrogens with zero attached hydrogens (tertiary/aromatic N) is 3. The zero-order chi connectivity index (χ0) is 13.8. The predicted molar refractivity (Wildman–Crippen MR) is 76.1 cm³/mol. The molecule has 1 aromatic carbocycles. The third-order valence-electron chi connectivity index (χ3n) is 3.82. The van der Waals surface area contributed by atoms with Crippen molar-refractivity contribution >= 4 is 5.69 Å². The molecule has 1 aliphatic rings. The Morgan fingerprint density at radius 3 is 2.63 bits per heavy atom. The van der Waals surface area contributed by atoms with Crippen molar-refractivity contribution in [3.8, 4) is 6.07 Å². The van der Waals surface area contributed by atoms with E-state index in [1.54, 1.807) is 0 Å². The summed E-state index contributed by atoms with van der Waals surface area (Å²) in [6, 6.07) is 10.3. The number of aliphatic hydroxyl groups excluding tert-OH is 1. The van der Waals surface area contributed by atoms with Gasteiger partial charge in [-0.25, -0.2) is 0 Å². The number of anilines is 1. The van der Waals surface area contributed by atoms with Crippen molar-refractivity contribution in [3.05, 3.63) is 29.8 Å². The van der Waals surface area contributed by atoms with Gasteiger partial charge in [-0.05, 0) is 51.2 Å². The topological polar surface area (TPSA) is 50.5 Å². The van der Waals surface area contributed by atoms with Crippen molar-refractivity contribution in [2.45, 2.75) is 25.4 Å². The van der Waals surface area contributed by atoms with Crippen LogP contribution in [-0.4, -0.2) is 48.8 Å². The van der Waals surface area contributed by atoms with E-state index in [0.29, 0.717) is 11.6 Å². The first-order valence-electron chi connectivity index (χ1n) is 6.73. The Balaban J connectivity index is 2.29. The van der Waals surface area contributed by atoms with E-state index in [2.05, 4.69) is 29.8 Å². The molecular weight excluding hydrogens is 238 g/mol. The number of likely N-dealkylation sites (N-methyl/N-ethyl adjacent to an activating group) is 1. The van der Waals surface area contributed by atoms with Gasteiger partial charge < -0.3 is 14.9 Å². The summed E-state index contributed by atoms with van der Waals surface area (Å²) in [6.45, 7) is 4.25. The molecule has 0 bridgehead atoms. The highest BCUT2D eigenvalue weighted by atomic mass is 16.3. The minimum absolute atomic E-state index is 0.107. The summed E-state index contributed by atoms with van der Waals surface area (Å²) in [4.78, 5) is 4.55. The normalized spacial score (nSPS) is 24.8. The summed E-state index contributed by atoms with van der Waals surface area (Å²) in [6.07, 6.45) is 1.08. The molecule has 1 aromatic rings. The molecule has 1 heterocycles. The Morgan fingerprint density at radius 2 is 2.05 bits per heavy atom. The molecule has 2 unspecified atom stereocenters. The molecule has 0 radical (unpaired) electrons. The molecule has 0 aromatic heterocycles. The number of hydrogen-bond donors (Lipinski definition) is 1. The molecule has 102 valence electrons. The monoisotopic (exact) mass is 259 g/mol. The highest BCUT2D eigenvalue weighted by Gasteiger charge is 2.27. The highest BCUT2D eigenvalue weighted by molar-refractivity contribution is 5.51. The number of aliphatic hydroxyl groups is 1. The lowest BCUT2D eigenvalue weighted by Crippen LogP contribution is -2.46. The van der Waals surface area contributed by atoms with Crippen LogP contribution in [0.2, 0.25) is 0 Å². The van der Waals surface area contributed by atoms with E-state index in [1.165, 1.54) is 0 Å². The van der Waals surface area contributed by atoms with E-state index < -0.39 is 0 Å². The van der Waals surface area contributed by atoms with Crippen LogP contribution in [-0.2, 0) is 0 Å². The number of nitriles is 1. The van der Waals surface area contributed by atoms with Crippen molar-refractivity contribution in [1.82, 2.24) is 4.90 Å². The average Bonchev–Trinajstić information content (AvgIpc) is 2.58. The average molecular weight is 259 g/mol. The molecule has 0 aliphatic carbocycles. The lowest BCUT2D eigenvalue weighted by Gasteiger charge is -2.36. The molecule has 4 nitrogen and oxygen atoms in total. The lowest BCUT2D eigenvalue weighted by atomic mass is 10.1. The Bertz CT molecular complexity index is 451. The second kappa shape index (κ2) is 6.05. The zero-order valence-electron chi connectivity index (χ0n) is 11.6. The van der Waals surface area contributed by atoms with E-state index >= 15 is 0 Å². The fraction of sp³-hybridized carbons (Fsp3) is 0.533. The van der Waals surface area contributed by atoms with Gasteiger partial charge in [0.25, 0.3) is 0 Å². The maximum atomic E-state index is 9.66. The molecule has 0 spiro atoms. The Hall–Kier alpha value is -1.57. The molecule has 1 saturated heterocycles. The van der Waals surface area contributed by atoms with E-state index in [1.807, 2.05) is 24.3 Å². The van der Waals surface area contributed by atoms with Gasteiger partial charge in [0.15, 0.2) is 0 Å². The van der Waals surface area contributed by atoms with Crippen molar-refractivity contribution in [2.75, 3.05) is 31.6 Å². The molecule has 2 rings (SSSR count). The van der Waals surface area contributed by atoms with E-state index in [-0.39, 0.29) is 12.6 Å². The van der Waals surface area contributed by atoms with Gasteiger partial charge in [0, 0.05) is 18.3 Å². The van der Waals surface area contributed by atoms with E-state index in [9.17, 15) is 5.11 Å². The van der Waals surface area contributed by atoms with Crippen LogP contribution in [0.3, 0.4) is 0 Å². The summed E-state index contributed by atoms with van der Waals surface area (Å²) in [5.74, 6) is 0. The molecular formula is C15H21N3O. The van der Waals surface area contributed by atoms with Crippen molar-refractivity contribution < 1.29 is 5.11 Å². The molecule has 0 amide bonds. The van der Waals surface area contributed by atoms with Gasteiger partial charge >= 0.3 is 0 Å². The Kier molecular flexibility index (Phi) is 4.41. The molecule has 1 aliphatic heterocycles. The van der Waals surface area contributed by atoms with Crippen LogP contribution in [0.15, 0.2) is 24.3 Å². The minimum atomic E-state index is 0.107. The van der Waals surface area contributed by atoms with Gasteiger partial charge in [0.05, 0.1) is 24.3 Å². The number of rotatable bonds is 2. The summed E-state index contributed by atoms with van der Waals surface area (Å²) in [7, 11) is 2.09. The fourth-order valence-electron chi connectivity index (χ4n) is 2.76. The third kappa shape index (κ3) is 3.06. The molecule has 0 saturated carbocycles. The summed E-state index contributed by atoms with van der Waals surface area (Å²) in [5.41, 5.74) is 1.75. The van der Waals surface area contributed by atoms with Crippen LogP contribution in [0.1, 0.15) is 18.9 Å². The summed E-state index contributed by atoms with van der Waals surface area (Å²) in [5, 5.41) is 18.5. The SMILES string of the molecule is CC1CCN(C)CC(CO)N1c1ccc(C#N)cc1. The molecule has 1 fully saturated rings. The van der Waals surface area contributed by atoms with Crippen LogP contribution in [0.5, 0.6) is 0 Å². The molecule has 4 heteroatoms. The summed E-state index contributed by atoms with van der Waals surface area (Å²) < 4.78 is 0. The first-order chi connectivity index (χ1) is 9.15. The van der Waals surface area contributed by atoms with E-state index in [0.717, 1.165) is 25.2 Å². The largest absolute Gasteiger partial charge is 0.394 e. The van der Waals surface area contributed by atoms with E-state index in [4.69, 9.17) is 5.26 Å². The number of benzene rings is 1. The smallest absolute Gasteiger partial charge is 0.0991 e. The maximum Gasteiger partial charge on any atom is 0.0991 e. The minimum Gasteiger partial charge on any atom is -0.394 e. The van der Waals surface area contributed by atoms with Crippen LogP contribution in [0.4, 0.5) is 5.69 Å². The third-order valence-corrected chi connectivity index (χ3v) is 3.82. The second-order valence-corrected chi connectivity index (χ2v) is 5.30. The molecule has 1 N–H and O–H groups in total. The number of hydrogen-bond acceptors (Lipinski definition) is 4. The van der Waals surface area contributed by atoms with Crippen LogP contribution >= 0.6 is 0 Å². The maximum absolute atomic E-state index is 9.66. The Morgan fingerprint density at radius 1 is 1.37 bits per heavy atom. The lowest BCUT2D eigenvalue weighted by molar-refractivity contribution is 0.228. The fourth-order valence-corrected chi connectivity index (χ4v) is 2.76. The second-order valence-electron chi connectivity index (χ2n) is 5.30. The van der Waals surface area contributed by atoms with Crippen LogP contribution in [0.25, 0.3) is 0 Å². The zero-order valence-corrected chi connectivity index (χ0v) is 11.6. The van der Waals surface area contributed by atoms with Crippen LogP contribution in [0, 0.1) is 11.3 Å². The standard InChI is InChI=1S/C15H21N3O/c1-12-7-8-17(2)10-15(11-19)18(12)14-5-3-13(9-16)4-6-14/h3-6,12,15,19H,7-8,10-11H2,1-2H3. The van der Waals surface area contributed by atoms with Gasteiger partial charge in [-0.2, -0.15) is 5.26 Å². The first kappa shape index (κ1) is 13.9. The van der Waals surface area contributed by atoms with Gasteiger partial charge in [0.1, 0.15) is 0 Å².